The van der Waals surface area contributed by atoms with Gasteiger partial charge in [0.15, 0.2) is 5.82 Å². The van der Waals surface area contributed by atoms with E-state index >= 15 is 0 Å². The summed E-state index contributed by atoms with van der Waals surface area (Å²) in [6.45, 7) is 0.453. The Morgan fingerprint density at radius 3 is 2.44 bits per heavy atom. The molecule has 3 aromatic carbocycles. The summed E-state index contributed by atoms with van der Waals surface area (Å²) in [6.07, 6.45) is 0. The lowest BCUT2D eigenvalue weighted by Gasteiger charge is -2.12. The minimum atomic E-state index is -0.429. The van der Waals surface area contributed by atoms with Crippen LogP contribution in [0.5, 0.6) is 6.01 Å². The summed E-state index contributed by atoms with van der Waals surface area (Å²) in [5.41, 5.74) is 5.56. The second kappa shape index (κ2) is 8.95. The summed E-state index contributed by atoms with van der Waals surface area (Å²) >= 11 is 0.902. The molecule has 2 heterocycles. The lowest BCUT2D eigenvalue weighted by Crippen LogP contribution is -2.08. The van der Waals surface area contributed by atoms with Crippen molar-refractivity contribution < 1.29 is 14.3 Å². The normalized spacial score (nSPS) is 11.0. The van der Waals surface area contributed by atoms with Crippen molar-refractivity contribution in [2.45, 2.75) is 6.54 Å². The van der Waals surface area contributed by atoms with Gasteiger partial charge < -0.3 is 9.47 Å². The van der Waals surface area contributed by atoms with Crippen LogP contribution in [0.15, 0.2) is 71.5 Å². The molecule has 0 spiro atoms. The molecule has 0 saturated heterocycles. The van der Waals surface area contributed by atoms with E-state index in [9.17, 15) is 9.59 Å². The molecule has 0 bridgehead atoms. The summed E-state index contributed by atoms with van der Waals surface area (Å²) in [6, 6.07) is 21.6. The topological polar surface area (TPSA) is 99.1 Å². The van der Waals surface area contributed by atoms with Gasteiger partial charge in [0.1, 0.15) is 0 Å². The van der Waals surface area contributed by atoms with Crippen LogP contribution in [-0.4, -0.2) is 39.1 Å². The molecule has 170 valence electrons. The molecule has 0 unspecified atom stereocenters. The van der Waals surface area contributed by atoms with Gasteiger partial charge in [0.2, 0.25) is 0 Å². The fraction of sp³-hybridized carbons (Fsp3) is 0.120. The maximum absolute atomic E-state index is 12.4. The van der Waals surface area contributed by atoms with Gasteiger partial charge in [-0.3, -0.25) is 14.3 Å². The molecule has 0 fully saturated rings. The summed E-state index contributed by atoms with van der Waals surface area (Å²) in [5, 5.41) is 0. The zero-order chi connectivity index (χ0) is 23.7. The number of H-pyrrole nitrogens is 1. The summed E-state index contributed by atoms with van der Waals surface area (Å²) in [4.78, 5) is 31.1. The first kappa shape index (κ1) is 21.6. The van der Waals surface area contributed by atoms with Gasteiger partial charge in [-0.25, -0.2) is 4.79 Å². The van der Waals surface area contributed by atoms with Gasteiger partial charge in [0.25, 0.3) is 6.01 Å². The smallest absolute Gasteiger partial charge is 0.340 e. The first-order valence-corrected chi connectivity index (χ1v) is 11.2. The van der Waals surface area contributed by atoms with Crippen LogP contribution < -0.4 is 9.61 Å². The Labute approximate surface area is 198 Å². The van der Waals surface area contributed by atoms with Crippen molar-refractivity contribution in [1.29, 1.82) is 0 Å². The second-order valence-electron chi connectivity index (χ2n) is 7.54. The van der Waals surface area contributed by atoms with E-state index in [1.165, 1.54) is 7.11 Å². The number of nitrogens with one attached hydrogen (secondary N) is 1. The van der Waals surface area contributed by atoms with Gasteiger partial charge in [0, 0.05) is 17.1 Å². The number of esters is 1. The lowest BCUT2D eigenvalue weighted by atomic mass is 9.98. The van der Waals surface area contributed by atoms with Crippen molar-refractivity contribution in [3.05, 3.63) is 87.5 Å². The number of carbonyl (C=O) groups is 1. The van der Waals surface area contributed by atoms with Crippen LogP contribution in [0.4, 0.5) is 0 Å². The van der Waals surface area contributed by atoms with E-state index in [1.807, 2.05) is 59.2 Å². The molecular weight excluding hydrogens is 452 g/mol. The number of para-hydroxylation sites is 1. The van der Waals surface area contributed by atoms with E-state index in [2.05, 4.69) is 14.3 Å². The highest BCUT2D eigenvalue weighted by Gasteiger charge is 2.19. The number of nitrogens with zero attached hydrogens (tertiary/aromatic N) is 3. The van der Waals surface area contributed by atoms with E-state index in [0.29, 0.717) is 35.0 Å². The molecular formula is C25H20N4O4S. The molecule has 2 aromatic heterocycles. The monoisotopic (exact) mass is 472 g/mol. The van der Waals surface area contributed by atoms with Gasteiger partial charge in [-0.05, 0) is 28.8 Å². The highest BCUT2D eigenvalue weighted by molar-refractivity contribution is 7.03. The Balaban J connectivity index is 1.52. The highest BCUT2D eigenvalue weighted by atomic mass is 32.1. The first-order valence-electron chi connectivity index (χ1n) is 10.5. The molecule has 8 nitrogen and oxygen atoms in total. The number of fused-ring (bicyclic) bond motifs is 1. The third-order valence-corrected chi connectivity index (χ3v) is 6.09. The van der Waals surface area contributed by atoms with Crippen LogP contribution in [0, 0.1) is 0 Å². The van der Waals surface area contributed by atoms with E-state index < -0.39 is 5.97 Å². The minimum absolute atomic E-state index is 0.187. The number of aromatic nitrogens is 4. The average molecular weight is 473 g/mol. The van der Waals surface area contributed by atoms with E-state index in [4.69, 9.17) is 9.47 Å². The van der Waals surface area contributed by atoms with Crippen molar-refractivity contribution in [3.63, 3.8) is 0 Å². The number of aromatic amines is 1. The Kier molecular flexibility index (Phi) is 5.69. The highest BCUT2D eigenvalue weighted by Crippen LogP contribution is 2.31. The van der Waals surface area contributed by atoms with Crippen LogP contribution in [0.25, 0.3) is 33.5 Å². The molecule has 0 aliphatic rings. The quantitative estimate of drug-likeness (QED) is 0.369. The van der Waals surface area contributed by atoms with Gasteiger partial charge in [0.05, 0.1) is 37.4 Å². The summed E-state index contributed by atoms with van der Waals surface area (Å²) < 4.78 is 16.5. The van der Waals surface area contributed by atoms with Crippen LogP contribution in [0.3, 0.4) is 0 Å². The zero-order valence-electron chi connectivity index (χ0n) is 18.4. The summed E-state index contributed by atoms with van der Waals surface area (Å²) in [5.74, 6) is 0.126. The Morgan fingerprint density at radius 2 is 1.76 bits per heavy atom. The maximum Gasteiger partial charge on any atom is 0.340 e. The fourth-order valence-electron chi connectivity index (χ4n) is 4.00. The first-order chi connectivity index (χ1) is 16.6. The molecule has 0 aliphatic carbocycles. The molecule has 0 atom stereocenters. The number of imidazole rings is 1. The Hall–Kier alpha value is -4.24. The van der Waals surface area contributed by atoms with Crippen LogP contribution in [0.2, 0.25) is 0 Å². The van der Waals surface area contributed by atoms with Crippen molar-refractivity contribution in [1.82, 2.24) is 18.9 Å². The second-order valence-corrected chi connectivity index (χ2v) is 8.27. The molecule has 0 amide bonds. The molecule has 0 saturated carbocycles. The summed E-state index contributed by atoms with van der Waals surface area (Å²) in [7, 11) is 2.91. The van der Waals surface area contributed by atoms with Gasteiger partial charge in [-0.2, -0.15) is 9.36 Å². The van der Waals surface area contributed by atoms with Crippen LogP contribution >= 0.6 is 11.5 Å². The van der Waals surface area contributed by atoms with Crippen LogP contribution in [0.1, 0.15) is 15.9 Å². The number of methoxy groups -OCH3 is 2. The predicted molar refractivity (Wildman–Crippen MR) is 130 cm³/mol. The maximum atomic E-state index is 12.4. The van der Waals surface area contributed by atoms with E-state index in [-0.39, 0.29) is 4.87 Å². The number of rotatable bonds is 6. The van der Waals surface area contributed by atoms with Crippen molar-refractivity contribution in [2.24, 2.45) is 0 Å². The molecule has 5 rings (SSSR count). The predicted octanol–water partition coefficient (Wildman–Crippen LogP) is 4.36. The molecule has 34 heavy (non-hydrogen) atoms. The minimum Gasteiger partial charge on any atom is -0.468 e. The lowest BCUT2D eigenvalue weighted by molar-refractivity contribution is 0.0602. The largest absolute Gasteiger partial charge is 0.468 e. The van der Waals surface area contributed by atoms with Crippen molar-refractivity contribution >= 4 is 28.5 Å². The standard InChI is InChI=1S/C25H20N4O4S/c1-32-23(30)19-8-5-9-20-21(19)29(24(26-20)33-2)14-15-10-12-16(13-11-15)17-6-3-4-7-18(17)22-27-25(31)34-28-22/h3-13H,14H2,1-2H3,(H,27,28,31). The SMILES string of the molecule is COC(=O)c1cccc2nc(OC)n(Cc3ccc(-c4ccccc4-c4nsc(=O)[nH]4)cc3)c12. The van der Waals surface area contributed by atoms with Crippen LogP contribution in [-0.2, 0) is 11.3 Å². The van der Waals surface area contributed by atoms with Gasteiger partial charge in [-0.1, -0.05) is 54.6 Å². The number of benzene rings is 3. The Morgan fingerprint density at radius 1 is 1.00 bits per heavy atom. The third kappa shape index (κ3) is 3.86. The van der Waals surface area contributed by atoms with Gasteiger partial charge in [-0.15, -0.1) is 0 Å². The Bertz CT molecular complexity index is 1550. The molecule has 1 N–H and O–H groups in total. The van der Waals surface area contributed by atoms with Crippen molar-refractivity contribution in [3.8, 4) is 28.5 Å². The fourth-order valence-corrected chi connectivity index (χ4v) is 4.46. The average Bonchev–Trinajstić information content (AvgIpc) is 3.47. The van der Waals surface area contributed by atoms with Crippen molar-refractivity contribution in [2.75, 3.05) is 14.2 Å². The molecule has 0 aliphatic heterocycles. The molecule has 5 aromatic rings. The molecule has 9 heteroatoms. The number of carbonyl (C=O) groups excluding carboxylic acids is 1. The van der Waals surface area contributed by atoms with E-state index in [1.54, 1.807) is 19.2 Å². The number of hydrogen-bond donors (Lipinski definition) is 1. The number of hydrogen-bond acceptors (Lipinski definition) is 7. The third-order valence-electron chi connectivity index (χ3n) is 5.55. The number of ether oxygens (including phenoxy) is 2. The molecule has 0 radical (unpaired) electrons. The zero-order valence-corrected chi connectivity index (χ0v) is 19.3. The van der Waals surface area contributed by atoms with Gasteiger partial charge >= 0.3 is 10.8 Å². The van der Waals surface area contributed by atoms with E-state index in [0.717, 1.165) is 33.8 Å².